The fraction of sp³-hybridized carbons (Fsp3) is 0.368. The van der Waals surface area contributed by atoms with Crippen LogP contribution in [0.4, 0.5) is 4.79 Å². The van der Waals surface area contributed by atoms with Crippen LogP contribution in [0.5, 0.6) is 0 Å². The number of nitrogens with zero attached hydrogens (tertiary/aromatic N) is 3. The van der Waals surface area contributed by atoms with E-state index >= 15 is 0 Å². The molecule has 1 saturated heterocycles. The molecular weight excluding hydrogens is 332 g/mol. The normalized spacial score (nSPS) is 16.8. The third-order valence-electron chi connectivity index (χ3n) is 4.32. The molecular formula is C19H22N4O3. The largest absolute Gasteiger partial charge is 0.445 e. The zero-order valence-corrected chi connectivity index (χ0v) is 14.5. The summed E-state index contributed by atoms with van der Waals surface area (Å²) in [4.78, 5) is 34.4. The maximum Gasteiger partial charge on any atom is 0.410 e. The SMILES string of the molecule is O=C(NCc1cnccn1)[C@@H]1CCCN(C(=O)OCc2ccccc2)C1. The van der Waals surface area contributed by atoms with Crippen LogP contribution in [0.15, 0.2) is 48.9 Å². The summed E-state index contributed by atoms with van der Waals surface area (Å²) in [7, 11) is 0. The molecule has 1 N–H and O–H groups in total. The number of hydrogen-bond donors (Lipinski definition) is 1. The average Bonchev–Trinajstić information content (AvgIpc) is 2.72. The highest BCUT2D eigenvalue weighted by Crippen LogP contribution is 2.18. The predicted octanol–water partition coefficient (Wildman–Crippen LogP) is 2.14. The Labute approximate surface area is 152 Å². The summed E-state index contributed by atoms with van der Waals surface area (Å²) < 4.78 is 5.36. The van der Waals surface area contributed by atoms with Gasteiger partial charge in [-0.2, -0.15) is 0 Å². The van der Waals surface area contributed by atoms with Crippen LogP contribution in [0.3, 0.4) is 0 Å². The van der Waals surface area contributed by atoms with E-state index in [1.807, 2.05) is 30.3 Å². The molecule has 0 unspecified atom stereocenters. The van der Waals surface area contributed by atoms with Crippen molar-refractivity contribution >= 4 is 12.0 Å². The van der Waals surface area contributed by atoms with Crippen molar-refractivity contribution in [2.75, 3.05) is 13.1 Å². The molecule has 1 aliphatic rings. The summed E-state index contributed by atoms with van der Waals surface area (Å²) in [6.45, 7) is 1.56. The number of piperidine rings is 1. The van der Waals surface area contributed by atoms with Gasteiger partial charge in [-0.15, -0.1) is 0 Å². The molecule has 0 spiro atoms. The molecule has 0 radical (unpaired) electrons. The number of ether oxygens (including phenoxy) is 1. The predicted molar refractivity (Wildman–Crippen MR) is 94.8 cm³/mol. The fourth-order valence-electron chi connectivity index (χ4n) is 2.91. The van der Waals surface area contributed by atoms with Gasteiger partial charge in [0.25, 0.3) is 0 Å². The molecule has 1 aliphatic heterocycles. The van der Waals surface area contributed by atoms with Gasteiger partial charge in [0.1, 0.15) is 6.61 Å². The van der Waals surface area contributed by atoms with Crippen LogP contribution in [0.2, 0.25) is 0 Å². The smallest absolute Gasteiger partial charge is 0.410 e. The van der Waals surface area contributed by atoms with Gasteiger partial charge in [-0.1, -0.05) is 30.3 Å². The van der Waals surface area contributed by atoms with Gasteiger partial charge in [0.2, 0.25) is 5.91 Å². The highest BCUT2D eigenvalue weighted by molar-refractivity contribution is 5.79. The van der Waals surface area contributed by atoms with Crippen LogP contribution in [-0.4, -0.2) is 40.0 Å². The minimum absolute atomic E-state index is 0.0730. The molecule has 26 heavy (non-hydrogen) atoms. The molecule has 2 aromatic rings. The Morgan fingerprint density at radius 1 is 1.23 bits per heavy atom. The van der Waals surface area contributed by atoms with Crippen molar-refractivity contribution < 1.29 is 14.3 Å². The summed E-state index contributed by atoms with van der Waals surface area (Å²) in [6, 6.07) is 9.54. The minimum Gasteiger partial charge on any atom is -0.445 e. The van der Waals surface area contributed by atoms with E-state index in [2.05, 4.69) is 15.3 Å². The van der Waals surface area contributed by atoms with Gasteiger partial charge in [-0.25, -0.2) is 4.79 Å². The van der Waals surface area contributed by atoms with Gasteiger partial charge < -0.3 is 15.0 Å². The zero-order valence-electron chi connectivity index (χ0n) is 14.5. The number of hydrogen-bond acceptors (Lipinski definition) is 5. The number of carbonyl (C=O) groups excluding carboxylic acids is 2. The zero-order chi connectivity index (χ0) is 18.2. The van der Waals surface area contributed by atoms with Crippen molar-refractivity contribution in [3.05, 3.63) is 60.2 Å². The number of aromatic nitrogens is 2. The second kappa shape index (κ2) is 8.94. The van der Waals surface area contributed by atoms with E-state index in [0.717, 1.165) is 18.4 Å². The lowest BCUT2D eigenvalue weighted by atomic mass is 9.97. The van der Waals surface area contributed by atoms with E-state index in [9.17, 15) is 9.59 Å². The molecule has 1 atom stereocenters. The highest BCUT2D eigenvalue weighted by Gasteiger charge is 2.29. The molecule has 3 rings (SSSR count). The average molecular weight is 354 g/mol. The van der Waals surface area contributed by atoms with Gasteiger partial charge in [-0.3, -0.25) is 14.8 Å². The highest BCUT2D eigenvalue weighted by atomic mass is 16.6. The van der Waals surface area contributed by atoms with E-state index in [1.54, 1.807) is 23.5 Å². The van der Waals surface area contributed by atoms with Crippen LogP contribution in [-0.2, 0) is 22.7 Å². The molecule has 1 aromatic carbocycles. The number of nitrogens with one attached hydrogen (secondary N) is 1. The van der Waals surface area contributed by atoms with Gasteiger partial charge in [-0.05, 0) is 18.4 Å². The van der Waals surface area contributed by atoms with E-state index in [-0.39, 0.29) is 24.5 Å². The Hall–Kier alpha value is -2.96. The van der Waals surface area contributed by atoms with Gasteiger partial charge in [0, 0.05) is 25.5 Å². The van der Waals surface area contributed by atoms with E-state index in [1.165, 1.54) is 0 Å². The van der Waals surface area contributed by atoms with Crippen LogP contribution >= 0.6 is 0 Å². The van der Waals surface area contributed by atoms with Crippen LogP contribution in [0, 0.1) is 5.92 Å². The molecule has 0 aliphatic carbocycles. The number of rotatable bonds is 5. The van der Waals surface area contributed by atoms with E-state index in [4.69, 9.17) is 4.74 Å². The molecule has 1 fully saturated rings. The molecule has 7 heteroatoms. The Morgan fingerprint density at radius 2 is 2.08 bits per heavy atom. The van der Waals surface area contributed by atoms with E-state index < -0.39 is 0 Å². The van der Waals surface area contributed by atoms with Crippen molar-refractivity contribution in [3.8, 4) is 0 Å². The standard InChI is InChI=1S/C19H22N4O3/c24-18(22-12-17-11-20-8-9-21-17)16-7-4-10-23(13-16)19(25)26-14-15-5-2-1-3-6-15/h1-3,5-6,8-9,11,16H,4,7,10,12-14H2,(H,22,24)/t16-/m1/s1. The van der Waals surface area contributed by atoms with Crippen LogP contribution in [0.25, 0.3) is 0 Å². The quantitative estimate of drug-likeness (QED) is 0.889. The first-order valence-corrected chi connectivity index (χ1v) is 8.70. The lowest BCUT2D eigenvalue weighted by Gasteiger charge is -2.31. The van der Waals surface area contributed by atoms with Crippen LogP contribution in [0.1, 0.15) is 24.1 Å². The van der Waals surface area contributed by atoms with Crippen molar-refractivity contribution in [1.82, 2.24) is 20.2 Å². The van der Waals surface area contributed by atoms with Crippen LogP contribution < -0.4 is 5.32 Å². The maximum atomic E-state index is 12.4. The lowest BCUT2D eigenvalue weighted by molar-refractivity contribution is -0.126. The molecule has 1 aromatic heterocycles. The molecule has 2 heterocycles. The third-order valence-corrected chi connectivity index (χ3v) is 4.32. The molecule has 0 saturated carbocycles. The molecule has 2 amide bonds. The molecule has 0 bridgehead atoms. The van der Waals surface area contributed by atoms with Crippen molar-refractivity contribution in [2.24, 2.45) is 5.92 Å². The maximum absolute atomic E-state index is 12.4. The third kappa shape index (κ3) is 5.02. The van der Waals surface area contributed by atoms with Crippen molar-refractivity contribution in [2.45, 2.75) is 26.0 Å². The van der Waals surface area contributed by atoms with Crippen molar-refractivity contribution in [3.63, 3.8) is 0 Å². The lowest BCUT2D eigenvalue weighted by Crippen LogP contribution is -2.45. The van der Waals surface area contributed by atoms with Gasteiger partial charge >= 0.3 is 6.09 Å². The molecule has 7 nitrogen and oxygen atoms in total. The number of carbonyl (C=O) groups is 2. The Balaban J connectivity index is 1.47. The summed E-state index contributed by atoms with van der Waals surface area (Å²) in [5.41, 5.74) is 1.65. The Kier molecular flexibility index (Phi) is 6.14. The van der Waals surface area contributed by atoms with Gasteiger partial charge in [0.05, 0.1) is 24.4 Å². The minimum atomic E-state index is -0.375. The fourth-order valence-corrected chi connectivity index (χ4v) is 2.91. The first kappa shape index (κ1) is 17.8. The number of likely N-dealkylation sites (tertiary alicyclic amines) is 1. The number of benzene rings is 1. The van der Waals surface area contributed by atoms with Gasteiger partial charge in [0.15, 0.2) is 0 Å². The number of amides is 2. The Morgan fingerprint density at radius 3 is 2.85 bits per heavy atom. The first-order chi connectivity index (χ1) is 12.7. The summed E-state index contributed by atoms with van der Waals surface area (Å²) in [5.74, 6) is -0.305. The Bertz CT molecular complexity index is 663. The first-order valence-electron chi connectivity index (χ1n) is 8.70. The van der Waals surface area contributed by atoms with Crippen molar-refractivity contribution in [1.29, 1.82) is 0 Å². The second-order valence-electron chi connectivity index (χ2n) is 6.24. The second-order valence-corrected chi connectivity index (χ2v) is 6.24. The van der Waals surface area contributed by atoms with E-state index in [0.29, 0.717) is 25.3 Å². The summed E-state index contributed by atoms with van der Waals surface area (Å²) >= 11 is 0. The monoisotopic (exact) mass is 354 g/mol. The topological polar surface area (TPSA) is 84.4 Å². The summed E-state index contributed by atoms with van der Waals surface area (Å²) in [5, 5.41) is 2.87. The summed E-state index contributed by atoms with van der Waals surface area (Å²) in [6.07, 6.45) is 5.96. The molecule has 136 valence electrons.